The number of amides is 1. The second kappa shape index (κ2) is 6.66. The molecule has 1 aliphatic heterocycles. The van der Waals surface area contributed by atoms with Crippen molar-refractivity contribution >= 4 is 31.9 Å². The average molecular weight is 391 g/mol. The monoisotopic (exact) mass is 390 g/mol. The minimum atomic E-state index is -3.61. The van der Waals surface area contributed by atoms with E-state index in [1.807, 2.05) is 6.92 Å². The van der Waals surface area contributed by atoms with Crippen LogP contribution in [0.4, 0.5) is 0 Å². The zero-order valence-corrected chi connectivity index (χ0v) is 15.1. The van der Waals surface area contributed by atoms with E-state index in [4.69, 9.17) is 4.74 Å². The van der Waals surface area contributed by atoms with Crippen LogP contribution in [0.15, 0.2) is 27.6 Å². The van der Waals surface area contributed by atoms with Gasteiger partial charge < -0.3 is 9.64 Å². The molecule has 1 saturated heterocycles. The highest BCUT2D eigenvalue weighted by atomic mass is 79.9. The van der Waals surface area contributed by atoms with E-state index in [9.17, 15) is 13.2 Å². The Morgan fingerprint density at radius 3 is 2.68 bits per heavy atom. The van der Waals surface area contributed by atoms with Crippen LogP contribution in [0.5, 0.6) is 0 Å². The van der Waals surface area contributed by atoms with Crippen molar-refractivity contribution in [3.8, 4) is 0 Å². The van der Waals surface area contributed by atoms with Gasteiger partial charge in [0, 0.05) is 37.2 Å². The Labute approximate surface area is 139 Å². The van der Waals surface area contributed by atoms with Crippen LogP contribution < -0.4 is 0 Å². The molecule has 0 aliphatic carbocycles. The molecule has 1 amide bonds. The number of rotatable bonds is 3. The maximum absolute atomic E-state index is 12.6. The summed E-state index contributed by atoms with van der Waals surface area (Å²) in [5, 5.41) is 0. The lowest BCUT2D eigenvalue weighted by atomic mass is 10.2. The van der Waals surface area contributed by atoms with Gasteiger partial charge in [0.05, 0.1) is 17.6 Å². The van der Waals surface area contributed by atoms with Crippen LogP contribution in [0.3, 0.4) is 0 Å². The van der Waals surface area contributed by atoms with Crippen molar-refractivity contribution in [2.45, 2.75) is 17.9 Å². The molecule has 122 valence electrons. The summed E-state index contributed by atoms with van der Waals surface area (Å²) < 4.78 is 31.6. The third kappa shape index (κ3) is 3.51. The van der Waals surface area contributed by atoms with Crippen LogP contribution in [0, 0.1) is 0 Å². The van der Waals surface area contributed by atoms with Crippen LogP contribution in [-0.4, -0.2) is 63.4 Å². The van der Waals surface area contributed by atoms with Crippen molar-refractivity contribution in [2.75, 3.05) is 33.8 Å². The third-order valence-electron chi connectivity index (χ3n) is 3.47. The van der Waals surface area contributed by atoms with E-state index in [0.717, 1.165) is 4.31 Å². The third-order valence-corrected chi connectivity index (χ3v) is 6.27. The van der Waals surface area contributed by atoms with E-state index in [1.54, 1.807) is 17.0 Å². The summed E-state index contributed by atoms with van der Waals surface area (Å²) in [7, 11) is -0.698. The number of sulfonamides is 1. The smallest absolute Gasteiger partial charge is 0.254 e. The van der Waals surface area contributed by atoms with E-state index < -0.39 is 10.0 Å². The van der Waals surface area contributed by atoms with Crippen molar-refractivity contribution in [1.82, 2.24) is 9.21 Å². The standard InChI is InChI=1S/C14H19BrN2O4S/c1-10-9-17(6-7-21-10)14(18)11-4-5-12(15)13(8-11)22(19,20)16(2)3/h4-5,8,10H,6-7,9H2,1-3H3/t10-/m1/s1. The van der Waals surface area contributed by atoms with Gasteiger partial charge in [0.1, 0.15) is 0 Å². The zero-order chi connectivity index (χ0) is 16.5. The fraction of sp³-hybridized carbons (Fsp3) is 0.500. The van der Waals surface area contributed by atoms with Gasteiger partial charge in [-0.15, -0.1) is 0 Å². The van der Waals surface area contributed by atoms with E-state index in [0.29, 0.717) is 29.7 Å². The molecule has 1 heterocycles. The number of hydrogen-bond donors (Lipinski definition) is 0. The van der Waals surface area contributed by atoms with Crippen LogP contribution in [0.1, 0.15) is 17.3 Å². The molecular weight excluding hydrogens is 372 g/mol. The molecule has 2 rings (SSSR count). The minimum absolute atomic E-state index is 0.0156. The number of carbonyl (C=O) groups is 1. The largest absolute Gasteiger partial charge is 0.375 e. The summed E-state index contributed by atoms with van der Waals surface area (Å²) in [5.74, 6) is -0.183. The van der Waals surface area contributed by atoms with Crippen molar-refractivity contribution in [3.63, 3.8) is 0 Å². The van der Waals surface area contributed by atoms with Crippen LogP contribution in [0.2, 0.25) is 0 Å². The van der Waals surface area contributed by atoms with Crippen LogP contribution in [-0.2, 0) is 14.8 Å². The second-order valence-electron chi connectivity index (χ2n) is 5.37. The summed E-state index contributed by atoms with van der Waals surface area (Å²) in [6.45, 7) is 3.41. The Hall–Kier alpha value is -0.960. The van der Waals surface area contributed by atoms with Gasteiger partial charge in [0.2, 0.25) is 10.0 Å². The number of carbonyl (C=O) groups excluding carboxylic acids is 1. The average Bonchev–Trinajstić information content (AvgIpc) is 2.46. The lowest BCUT2D eigenvalue weighted by Crippen LogP contribution is -2.44. The van der Waals surface area contributed by atoms with Crippen LogP contribution >= 0.6 is 15.9 Å². The first-order valence-electron chi connectivity index (χ1n) is 6.86. The Morgan fingerprint density at radius 2 is 2.09 bits per heavy atom. The number of ether oxygens (including phenoxy) is 1. The first-order chi connectivity index (χ1) is 10.2. The molecule has 1 fully saturated rings. The fourth-order valence-corrected chi connectivity index (χ4v) is 4.06. The van der Waals surface area contributed by atoms with E-state index in [1.165, 1.54) is 20.2 Å². The van der Waals surface area contributed by atoms with E-state index >= 15 is 0 Å². The van der Waals surface area contributed by atoms with Gasteiger partial charge in [-0.1, -0.05) is 0 Å². The predicted octanol–water partition coefficient (Wildman–Crippen LogP) is 1.56. The first kappa shape index (κ1) is 17.4. The molecule has 0 bridgehead atoms. The molecule has 1 aromatic rings. The van der Waals surface area contributed by atoms with E-state index in [2.05, 4.69) is 15.9 Å². The maximum atomic E-state index is 12.6. The zero-order valence-electron chi connectivity index (χ0n) is 12.7. The Balaban J connectivity index is 2.35. The van der Waals surface area contributed by atoms with Gasteiger partial charge in [-0.25, -0.2) is 12.7 Å². The quantitative estimate of drug-likeness (QED) is 0.785. The molecule has 0 unspecified atom stereocenters. The Kier molecular flexibility index (Phi) is 5.26. The highest BCUT2D eigenvalue weighted by molar-refractivity contribution is 9.10. The lowest BCUT2D eigenvalue weighted by Gasteiger charge is -2.31. The molecule has 0 saturated carbocycles. The summed E-state index contributed by atoms with van der Waals surface area (Å²) in [5.41, 5.74) is 0.359. The SMILES string of the molecule is C[C@@H]1CN(C(=O)c2ccc(Br)c(S(=O)(=O)N(C)C)c2)CCO1. The van der Waals surface area contributed by atoms with Gasteiger partial charge in [-0.05, 0) is 41.1 Å². The molecule has 22 heavy (non-hydrogen) atoms. The van der Waals surface area contributed by atoms with Gasteiger partial charge in [-0.2, -0.15) is 0 Å². The number of morpholine rings is 1. The minimum Gasteiger partial charge on any atom is -0.375 e. The van der Waals surface area contributed by atoms with Gasteiger partial charge in [0.15, 0.2) is 0 Å². The molecule has 0 N–H and O–H groups in total. The number of halogens is 1. The predicted molar refractivity (Wildman–Crippen MR) is 86.3 cm³/mol. The van der Waals surface area contributed by atoms with Crippen molar-refractivity contribution < 1.29 is 17.9 Å². The van der Waals surface area contributed by atoms with Gasteiger partial charge in [-0.3, -0.25) is 4.79 Å². The molecule has 1 aliphatic rings. The number of hydrogen-bond acceptors (Lipinski definition) is 4. The molecule has 0 radical (unpaired) electrons. The highest BCUT2D eigenvalue weighted by Crippen LogP contribution is 2.26. The molecular formula is C14H19BrN2O4S. The Bertz CT molecular complexity index is 675. The molecule has 6 nitrogen and oxygen atoms in total. The fourth-order valence-electron chi connectivity index (χ4n) is 2.22. The number of nitrogens with zero attached hydrogens (tertiary/aromatic N) is 2. The van der Waals surface area contributed by atoms with Crippen molar-refractivity contribution in [1.29, 1.82) is 0 Å². The molecule has 0 spiro atoms. The van der Waals surface area contributed by atoms with Gasteiger partial charge in [0.25, 0.3) is 5.91 Å². The normalized spacial score (nSPS) is 19.5. The maximum Gasteiger partial charge on any atom is 0.254 e. The first-order valence-corrected chi connectivity index (χ1v) is 9.09. The summed E-state index contributed by atoms with van der Waals surface area (Å²) >= 11 is 3.24. The Morgan fingerprint density at radius 1 is 1.41 bits per heavy atom. The molecule has 1 atom stereocenters. The molecule has 0 aromatic heterocycles. The second-order valence-corrected chi connectivity index (χ2v) is 8.34. The molecule has 1 aromatic carbocycles. The molecule has 8 heteroatoms. The summed E-state index contributed by atoms with van der Waals surface area (Å²) in [6.07, 6.45) is -0.0156. The summed E-state index contributed by atoms with van der Waals surface area (Å²) in [6, 6.07) is 4.64. The summed E-state index contributed by atoms with van der Waals surface area (Å²) in [4.78, 5) is 14.3. The van der Waals surface area contributed by atoms with E-state index in [-0.39, 0.29) is 16.9 Å². The van der Waals surface area contributed by atoms with Gasteiger partial charge >= 0.3 is 0 Å². The van der Waals surface area contributed by atoms with Crippen molar-refractivity contribution in [3.05, 3.63) is 28.2 Å². The lowest BCUT2D eigenvalue weighted by molar-refractivity contribution is -0.0124. The number of benzene rings is 1. The van der Waals surface area contributed by atoms with Crippen molar-refractivity contribution in [2.24, 2.45) is 0 Å². The van der Waals surface area contributed by atoms with Crippen LogP contribution in [0.25, 0.3) is 0 Å². The highest BCUT2D eigenvalue weighted by Gasteiger charge is 2.26. The topological polar surface area (TPSA) is 66.9 Å².